The molecule has 8 heteroatoms. The van der Waals surface area contributed by atoms with Crippen molar-refractivity contribution in [1.29, 1.82) is 0 Å². The standard InChI is InChI=1S/C6H13Cl4O3P/c7-1-5(2-8)14(11,12,13)6(3-9)4-10/h5-6,11-13H,1-4H2. The second kappa shape index (κ2) is 5.70. The minimum atomic E-state index is -4.96. The van der Waals surface area contributed by atoms with Crippen LogP contribution in [0, 0.1) is 0 Å². The third-order valence-electron chi connectivity index (χ3n) is 2.11. The van der Waals surface area contributed by atoms with Gasteiger partial charge in [0.15, 0.2) is 0 Å². The van der Waals surface area contributed by atoms with Gasteiger partial charge in [0, 0.05) is 0 Å². The second-order valence-electron chi connectivity index (χ2n) is 3.04. The molecule has 0 aromatic heterocycles. The first-order valence-corrected chi connectivity index (χ1v) is 8.19. The van der Waals surface area contributed by atoms with Gasteiger partial charge in [-0.3, -0.25) is 0 Å². The minimum absolute atomic E-state index is 0.158. The molecule has 3 N–H and O–H groups in total. The van der Waals surface area contributed by atoms with Crippen molar-refractivity contribution in [2.24, 2.45) is 0 Å². The summed E-state index contributed by atoms with van der Waals surface area (Å²) in [6.45, 7) is 0. The summed E-state index contributed by atoms with van der Waals surface area (Å²) >= 11 is 21.9. The fraction of sp³-hybridized carbons (Fsp3) is 1.00. The molecule has 0 aromatic carbocycles. The van der Waals surface area contributed by atoms with Crippen LogP contribution in [-0.2, 0) is 0 Å². The van der Waals surface area contributed by atoms with E-state index in [2.05, 4.69) is 0 Å². The summed E-state index contributed by atoms with van der Waals surface area (Å²) in [5.41, 5.74) is -1.99. The van der Waals surface area contributed by atoms with E-state index in [1.165, 1.54) is 0 Å². The van der Waals surface area contributed by atoms with Gasteiger partial charge in [-0.1, -0.05) is 0 Å². The van der Waals surface area contributed by atoms with Crippen LogP contribution in [0.4, 0.5) is 0 Å². The molecule has 0 saturated carbocycles. The van der Waals surface area contributed by atoms with E-state index in [1.807, 2.05) is 0 Å². The Morgan fingerprint density at radius 3 is 1.07 bits per heavy atom. The van der Waals surface area contributed by atoms with E-state index in [1.54, 1.807) is 0 Å². The molecular weight excluding hydrogens is 293 g/mol. The van der Waals surface area contributed by atoms with Gasteiger partial charge in [-0.15, -0.1) is 0 Å². The van der Waals surface area contributed by atoms with Crippen LogP contribution in [0.5, 0.6) is 0 Å². The van der Waals surface area contributed by atoms with Crippen LogP contribution in [0.25, 0.3) is 0 Å². The van der Waals surface area contributed by atoms with Crippen molar-refractivity contribution in [3.05, 3.63) is 0 Å². The molecule has 0 rings (SSSR count). The van der Waals surface area contributed by atoms with Crippen LogP contribution in [0.3, 0.4) is 0 Å². The van der Waals surface area contributed by atoms with E-state index in [0.29, 0.717) is 0 Å². The normalized spacial score (nSPS) is 15.9. The molecule has 0 bridgehead atoms. The molecule has 0 aromatic rings. The molecule has 0 spiro atoms. The summed E-state index contributed by atoms with van der Waals surface area (Å²) in [5, 5.41) is 0. The summed E-state index contributed by atoms with van der Waals surface area (Å²) in [6.07, 6.45) is 0. The van der Waals surface area contributed by atoms with E-state index in [-0.39, 0.29) is 23.5 Å². The molecule has 3 nitrogen and oxygen atoms in total. The van der Waals surface area contributed by atoms with Crippen LogP contribution in [0.15, 0.2) is 0 Å². The van der Waals surface area contributed by atoms with Crippen molar-refractivity contribution in [2.45, 2.75) is 11.3 Å². The van der Waals surface area contributed by atoms with Crippen LogP contribution < -0.4 is 0 Å². The van der Waals surface area contributed by atoms with Crippen LogP contribution in [0.2, 0.25) is 0 Å². The second-order valence-corrected chi connectivity index (χ2v) is 7.95. The Hall–Kier alpha value is 1.47. The predicted molar refractivity (Wildman–Crippen MR) is 64.0 cm³/mol. The number of hydrogen-bond acceptors (Lipinski definition) is 3. The van der Waals surface area contributed by atoms with Crippen molar-refractivity contribution in [3.63, 3.8) is 0 Å². The van der Waals surface area contributed by atoms with E-state index >= 15 is 0 Å². The number of hydrogen-bond donors (Lipinski definition) is 3. The van der Waals surface area contributed by atoms with Gasteiger partial charge in [-0.2, -0.15) is 0 Å². The van der Waals surface area contributed by atoms with Gasteiger partial charge in [0.2, 0.25) is 0 Å². The zero-order chi connectivity index (χ0) is 11.4. The molecule has 0 atom stereocenters. The molecule has 0 saturated heterocycles. The average Bonchev–Trinajstić information content (AvgIpc) is 2.05. The Balaban J connectivity index is 4.96. The number of alkyl halides is 4. The first-order chi connectivity index (χ1) is 6.32. The van der Waals surface area contributed by atoms with Crippen LogP contribution in [-0.4, -0.2) is 49.5 Å². The van der Waals surface area contributed by atoms with Crippen LogP contribution in [0.1, 0.15) is 0 Å². The van der Waals surface area contributed by atoms with Crippen molar-refractivity contribution in [3.8, 4) is 0 Å². The fourth-order valence-corrected chi connectivity index (χ4v) is 6.40. The average molecular weight is 306 g/mol. The number of rotatable bonds is 6. The van der Waals surface area contributed by atoms with E-state index in [4.69, 9.17) is 46.4 Å². The molecule has 0 heterocycles. The van der Waals surface area contributed by atoms with Crippen molar-refractivity contribution in [2.75, 3.05) is 23.5 Å². The fourth-order valence-electron chi connectivity index (χ4n) is 0.910. The zero-order valence-corrected chi connectivity index (χ0v) is 11.2. The van der Waals surface area contributed by atoms with Crippen LogP contribution >= 0.6 is 53.7 Å². The number of halogens is 4. The predicted octanol–water partition coefficient (Wildman–Crippen LogP) is 1.95. The third kappa shape index (κ3) is 3.23. The van der Waals surface area contributed by atoms with Gasteiger partial charge in [0.05, 0.1) is 0 Å². The topological polar surface area (TPSA) is 60.7 Å². The zero-order valence-electron chi connectivity index (χ0n) is 7.28. The monoisotopic (exact) mass is 304 g/mol. The molecule has 0 amide bonds. The van der Waals surface area contributed by atoms with E-state index < -0.39 is 18.6 Å². The Morgan fingerprint density at radius 2 is 0.929 bits per heavy atom. The van der Waals surface area contributed by atoms with Gasteiger partial charge < -0.3 is 0 Å². The van der Waals surface area contributed by atoms with Crippen molar-refractivity contribution < 1.29 is 14.7 Å². The molecule has 14 heavy (non-hydrogen) atoms. The molecule has 0 aliphatic rings. The summed E-state index contributed by atoms with van der Waals surface area (Å²) in [4.78, 5) is 29.4. The Bertz CT molecular complexity index is 160. The first kappa shape index (κ1) is 15.5. The van der Waals surface area contributed by atoms with Crippen molar-refractivity contribution in [1.82, 2.24) is 0 Å². The van der Waals surface area contributed by atoms with Gasteiger partial charge >= 0.3 is 103 Å². The van der Waals surface area contributed by atoms with Gasteiger partial charge in [-0.05, 0) is 0 Å². The third-order valence-corrected chi connectivity index (χ3v) is 8.00. The SMILES string of the molecule is OP(O)(O)(C(CCl)CCl)C(CCl)CCl. The van der Waals surface area contributed by atoms with Gasteiger partial charge in [-0.25, -0.2) is 0 Å². The molecule has 0 aliphatic heterocycles. The molecule has 0 fully saturated rings. The van der Waals surface area contributed by atoms with E-state index in [9.17, 15) is 14.7 Å². The molecule has 0 radical (unpaired) electrons. The summed E-state index contributed by atoms with van der Waals surface area (Å²) in [7, 11) is -4.96. The molecule has 0 aliphatic carbocycles. The summed E-state index contributed by atoms with van der Waals surface area (Å²) in [6, 6.07) is 0. The molecule has 0 unspecified atom stereocenters. The Kier molecular flexibility index (Phi) is 6.29. The maximum absolute atomic E-state index is 9.80. The van der Waals surface area contributed by atoms with Gasteiger partial charge in [0.1, 0.15) is 0 Å². The summed E-state index contributed by atoms with van der Waals surface area (Å²) < 4.78 is 0. The Labute approximate surface area is 103 Å². The van der Waals surface area contributed by atoms with Gasteiger partial charge in [0.25, 0.3) is 0 Å². The molecular formula is C6H13Cl4O3P. The maximum atomic E-state index is 9.80. The quantitative estimate of drug-likeness (QED) is 0.519. The van der Waals surface area contributed by atoms with E-state index in [0.717, 1.165) is 0 Å². The summed E-state index contributed by atoms with van der Waals surface area (Å²) in [5.74, 6) is -0.631. The Morgan fingerprint density at radius 1 is 0.714 bits per heavy atom. The van der Waals surface area contributed by atoms with Crippen molar-refractivity contribution >= 4 is 53.7 Å². The first-order valence-electron chi connectivity index (χ1n) is 3.82. The molecule has 88 valence electrons.